The van der Waals surface area contributed by atoms with E-state index in [2.05, 4.69) is 4.72 Å². The Morgan fingerprint density at radius 1 is 1.00 bits per heavy atom. The zero-order valence-electron chi connectivity index (χ0n) is 15.9. The molecule has 1 aliphatic carbocycles. The maximum absolute atomic E-state index is 13.3. The number of sulfonamides is 1. The Bertz CT molecular complexity index is 1100. The van der Waals surface area contributed by atoms with E-state index in [9.17, 15) is 18.0 Å². The predicted octanol–water partition coefficient (Wildman–Crippen LogP) is 2.43. The topological polar surface area (TPSA) is 92.8 Å². The van der Waals surface area contributed by atoms with Crippen molar-refractivity contribution in [1.82, 2.24) is 9.62 Å². The first-order valence-corrected chi connectivity index (χ1v) is 11.5. The SMILES string of the molecule is C[C@@H]1CN(C2=C(NS(=O)(=O)c3cccs3)C(=O)c3ccccc3C2=O)C[C@@H](C)O1. The number of Topliss-reactive ketones (excluding diaryl/α,β-unsaturated/α-hetero) is 2. The minimum Gasteiger partial charge on any atom is -0.372 e. The molecule has 0 saturated carbocycles. The number of allylic oxidation sites excluding steroid dienone is 2. The maximum atomic E-state index is 13.3. The van der Waals surface area contributed by atoms with E-state index >= 15 is 0 Å². The molecule has 1 fully saturated rings. The Balaban J connectivity index is 1.85. The van der Waals surface area contributed by atoms with E-state index in [0.717, 1.165) is 11.3 Å². The minimum atomic E-state index is -3.99. The summed E-state index contributed by atoms with van der Waals surface area (Å²) in [4.78, 5) is 28.3. The lowest BCUT2D eigenvalue weighted by Gasteiger charge is -2.39. The molecule has 1 N–H and O–H groups in total. The van der Waals surface area contributed by atoms with Crippen LogP contribution >= 0.6 is 11.3 Å². The third-order valence-electron chi connectivity index (χ3n) is 4.83. The standard InChI is InChI=1S/C20H20N2O5S2/c1-12-10-22(11-13(2)27-12)18-17(21-29(25,26)16-8-5-9-28-16)19(23)14-6-3-4-7-15(14)20(18)24/h3-9,12-13,21H,10-11H2,1-2H3/t12-,13-/m1/s1. The second kappa shape index (κ2) is 7.40. The molecule has 2 aliphatic rings. The zero-order valence-corrected chi connectivity index (χ0v) is 17.5. The highest BCUT2D eigenvalue weighted by atomic mass is 32.2. The van der Waals surface area contributed by atoms with Crippen molar-refractivity contribution in [3.8, 4) is 0 Å². The fourth-order valence-corrected chi connectivity index (χ4v) is 5.78. The van der Waals surface area contributed by atoms with E-state index in [-0.39, 0.29) is 44.7 Å². The number of nitrogens with one attached hydrogen (secondary N) is 1. The number of benzene rings is 1. The Hall–Kier alpha value is -2.49. The number of morpholine rings is 1. The van der Waals surface area contributed by atoms with E-state index in [1.165, 1.54) is 12.1 Å². The highest BCUT2D eigenvalue weighted by Crippen LogP contribution is 2.30. The normalized spacial score (nSPS) is 22.6. The van der Waals surface area contributed by atoms with Gasteiger partial charge in [0.05, 0.1) is 12.2 Å². The highest BCUT2D eigenvalue weighted by molar-refractivity contribution is 7.91. The molecule has 0 spiro atoms. The summed E-state index contributed by atoms with van der Waals surface area (Å²) in [5, 5.41) is 1.64. The molecule has 0 radical (unpaired) electrons. The molecule has 9 heteroatoms. The van der Waals surface area contributed by atoms with Gasteiger partial charge in [-0.15, -0.1) is 11.3 Å². The molecule has 0 bridgehead atoms. The summed E-state index contributed by atoms with van der Waals surface area (Å²) in [5.74, 6) is -0.882. The Morgan fingerprint density at radius 3 is 2.21 bits per heavy atom. The van der Waals surface area contributed by atoms with Crippen molar-refractivity contribution in [3.05, 3.63) is 64.3 Å². The Kier molecular flexibility index (Phi) is 5.05. The molecule has 1 aromatic heterocycles. The van der Waals surface area contributed by atoms with E-state index in [0.29, 0.717) is 13.1 Å². The summed E-state index contributed by atoms with van der Waals surface area (Å²) < 4.78 is 33.9. The Labute approximate surface area is 173 Å². The third-order valence-corrected chi connectivity index (χ3v) is 7.57. The van der Waals surface area contributed by atoms with E-state index in [1.807, 2.05) is 13.8 Å². The van der Waals surface area contributed by atoms with Crippen LogP contribution in [0.4, 0.5) is 0 Å². The molecule has 1 saturated heterocycles. The van der Waals surface area contributed by atoms with Gasteiger partial charge in [0.1, 0.15) is 15.6 Å². The lowest BCUT2D eigenvalue weighted by Crippen LogP contribution is -2.49. The summed E-state index contributed by atoms with van der Waals surface area (Å²) in [6.07, 6.45) is -0.331. The largest absolute Gasteiger partial charge is 0.372 e. The van der Waals surface area contributed by atoms with Gasteiger partial charge in [-0.1, -0.05) is 30.3 Å². The molecule has 2 atom stereocenters. The lowest BCUT2D eigenvalue weighted by molar-refractivity contribution is -0.0574. The van der Waals surface area contributed by atoms with Crippen LogP contribution in [0.2, 0.25) is 0 Å². The molecule has 4 rings (SSSR count). The molecule has 1 aromatic carbocycles. The van der Waals surface area contributed by atoms with Gasteiger partial charge in [-0.3, -0.25) is 14.3 Å². The number of carbonyl (C=O) groups is 2. The number of thiophene rings is 1. The van der Waals surface area contributed by atoms with Crippen molar-refractivity contribution in [2.75, 3.05) is 13.1 Å². The fourth-order valence-electron chi connectivity index (χ4n) is 3.72. The molecular formula is C20H20N2O5S2. The molecule has 152 valence electrons. The van der Waals surface area contributed by atoms with Crippen LogP contribution in [0, 0.1) is 0 Å². The van der Waals surface area contributed by atoms with Crippen molar-refractivity contribution < 1.29 is 22.7 Å². The summed E-state index contributed by atoms with van der Waals surface area (Å²) >= 11 is 1.04. The number of rotatable bonds is 4. The first kappa shape index (κ1) is 19.8. The van der Waals surface area contributed by atoms with Crippen LogP contribution in [-0.2, 0) is 14.8 Å². The van der Waals surface area contributed by atoms with Gasteiger partial charge in [-0.05, 0) is 25.3 Å². The van der Waals surface area contributed by atoms with Crippen LogP contribution in [0.5, 0.6) is 0 Å². The van der Waals surface area contributed by atoms with Gasteiger partial charge in [-0.2, -0.15) is 0 Å². The predicted molar refractivity (Wildman–Crippen MR) is 108 cm³/mol. The minimum absolute atomic E-state index is 0.0761. The van der Waals surface area contributed by atoms with Gasteiger partial charge in [0.25, 0.3) is 10.0 Å². The number of hydrogen-bond donors (Lipinski definition) is 1. The van der Waals surface area contributed by atoms with Crippen molar-refractivity contribution >= 4 is 32.9 Å². The maximum Gasteiger partial charge on any atom is 0.271 e. The van der Waals surface area contributed by atoms with Crippen LogP contribution in [-0.4, -0.2) is 50.2 Å². The summed E-state index contributed by atoms with van der Waals surface area (Å²) in [7, 11) is -3.99. The first-order chi connectivity index (χ1) is 13.8. The van der Waals surface area contributed by atoms with Gasteiger partial charge < -0.3 is 9.64 Å². The van der Waals surface area contributed by atoms with Gasteiger partial charge in [0.2, 0.25) is 11.6 Å². The number of nitrogens with zero attached hydrogens (tertiary/aromatic N) is 1. The summed E-state index contributed by atoms with van der Waals surface area (Å²) in [5.41, 5.74) is 0.345. The average molecular weight is 433 g/mol. The summed E-state index contributed by atoms with van der Waals surface area (Å²) in [6, 6.07) is 9.54. The van der Waals surface area contributed by atoms with Gasteiger partial charge in [-0.25, -0.2) is 8.42 Å². The van der Waals surface area contributed by atoms with Gasteiger partial charge in [0.15, 0.2) is 0 Å². The number of ether oxygens (including phenoxy) is 1. The monoisotopic (exact) mass is 432 g/mol. The molecule has 0 unspecified atom stereocenters. The zero-order chi connectivity index (χ0) is 20.8. The van der Waals surface area contributed by atoms with Gasteiger partial charge in [0, 0.05) is 24.2 Å². The van der Waals surface area contributed by atoms with Gasteiger partial charge >= 0.3 is 0 Å². The van der Waals surface area contributed by atoms with Crippen LogP contribution in [0.1, 0.15) is 34.6 Å². The smallest absolute Gasteiger partial charge is 0.271 e. The molecule has 29 heavy (non-hydrogen) atoms. The second-order valence-electron chi connectivity index (χ2n) is 7.13. The van der Waals surface area contributed by atoms with Crippen molar-refractivity contribution in [2.24, 2.45) is 0 Å². The van der Waals surface area contributed by atoms with Crippen LogP contribution in [0.15, 0.2) is 57.4 Å². The first-order valence-electron chi connectivity index (χ1n) is 9.17. The van der Waals surface area contributed by atoms with E-state index in [1.54, 1.807) is 34.5 Å². The van der Waals surface area contributed by atoms with Crippen molar-refractivity contribution in [3.63, 3.8) is 0 Å². The quantitative estimate of drug-likeness (QED) is 0.798. The average Bonchev–Trinajstić information content (AvgIpc) is 3.21. The molecule has 2 aromatic rings. The lowest BCUT2D eigenvalue weighted by atomic mass is 9.89. The molecular weight excluding hydrogens is 412 g/mol. The van der Waals surface area contributed by atoms with Crippen LogP contribution in [0.3, 0.4) is 0 Å². The molecule has 2 heterocycles. The van der Waals surface area contributed by atoms with Crippen molar-refractivity contribution in [1.29, 1.82) is 0 Å². The number of hydrogen-bond acceptors (Lipinski definition) is 7. The fraction of sp³-hybridized carbons (Fsp3) is 0.300. The third kappa shape index (κ3) is 3.61. The van der Waals surface area contributed by atoms with Crippen LogP contribution < -0.4 is 4.72 Å². The number of ketones is 2. The van der Waals surface area contributed by atoms with E-state index in [4.69, 9.17) is 4.74 Å². The molecule has 7 nitrogen and oxygen atoms in total. The Morgan fingerprint density at radius 2 is 1.62 bits per heavy atom. The summed E-state index contributed by atoms with van der Waals surface area (Å²) in [6.45, 7) is 4.51. The highest BCUT2D eigenvalue weighted by Gasteiger charge is 2.39. The molecule has 1 aliphatic heterocycles. The van der Waals surface area contributed by atoms with Crippen molar-refractivity contribution in [2.45, 2.75) is 30.3 Å². The number of fused-ring (bicyclic) bond motifs is 1. The second-order valence-corrected chi connectivity index (χ2v) is 9.98. The molecule has 0 amide bonds. The van der Waals surface area contributed by atoms with E-state index < -0.39 is 15.8 Å². The van der Waals surface area contributed by atoms with Crippen LogP contribution in [0.25, 0.3) is 0 Å². The number of carbonyl (C=O) groups excluding carboxylic acids is 2.